The largest absolute Gasteiger partial charge is 0.306 e. The van der Waals surface area contributed by atoms with Crippen LogP contribution in [-0.2, 0) is 0 Å². The first-order chi connectivity index (χ1) is 8.20. The third-order valence-electron chi connectivity index (χ3n) is 2.10. The lowest BCUT2D eigenvalue weighted by molar-refractivity contribution is 0.102. The van der Waals surface area contributed by atoms with Crippen LogP contribution in [0.4, 0.5) is 10.2 Å². The number of anilines is 1. The summed E-state index contributed by atoms with van der Waals surface area (Å²) >= 11 is 0. The Balaban J connectivity index is 2.18. The number of hydrogen-bond acceptors (Lipinski definition) is 3. The summed E-state index contributed by atoms with van der Waals surface area (Å²) in [7, 11) is 0. The van der Waals surface area contributed by atoms with E-state index in [9.17, 15) is 9.18 Å². The Bertz CT molecular complexity index is 582. The zero-order valence-electron chi connectivity index (χ0n) is 8.57. The van der Waals surface area contributed by atoms with E-state index in [1.54, 1.807) is 0 Å². The third-order valence-corrected chi connectivity index (χ3v) is 2.10. The molecule has 0 saturated carbocycles. The summed E-state index contributed by atoms with van der Waals surface area (Å²) < 4.78 is 12.7. The molecule has 6 heteroatoms. The number of aromatic amines is 1. The molecule has 0 aliphatic carbocycles. The van der Waals surface area contributed by atoms with Gasteiger partial charge in [-0.1, -0.05) is 0 Å². The van der Waals surface area contributed by atoms with Gasteiger partial charge in [-0.15, -0.1) is 0 Å². The second-order valence-corrected chi connectivity index (χ2v) is 3.23. The number of hydrogen-bond donors (Lipinski definition) is 2. The van der Waals surface area contributed by atoms with E-state index < -0.39 is 11.7 Å². The number of aromatic nitrogens is 2. The number of nitrogens with zero attached hydrogens (tertiary/aromatic N) is 2. The number of amides is 1. The fourth-order valence-corrected chi connectivity index (χ4v) is 1.25. The normalized spacial score (nSPS) is 9.65. The number of halogens is 1. The number of nitriles is 1. The van der Waals surface area contributed by atoms with Crippen LogP contribution in [0.5, 0.6) is 0 Å². The molecule has 0 radical (unpaired) electrons. The Morgan fingerprint density at radius 3 is 2.76 bits per heavy atom. The molecule has 0 aliphatic rings. The highest BCUT2D eigenvalue weighted by atomic mass is 19.1. The maximum Gasteiger partial charge on any atom is 0.256 e. The van der Waals surface area contributed by atoms with Gasteiger partial charge in [0.2, 0.25) is 0 Å². The average molecular weight is 230 g/mol. The molecule has 0 unspecified atom stereocenters. The van der Waals surface area contributed by atoms with Crippen LogP contribution in [0.25, 0.3) is 0 Å². The van der Waals surface area contributed by atoms with Gasteiger partial charge in [-0.05, 0) is 24.3 Å². The highest BCUT2D eigenvalue weighted by Gasteiger charge is 2.10. The second-order valence-electron chi connectivity index (χ2n) is 3.23. The van der Waals surface area contributed by atoms with Crippen molar-refractivity contribution in [2.45, 2.75) is 0 Å². The van der Waals surface area contributed by atoms with Crippen LogP contribution in [0.15, 0.2) is 30.5 Å². The molecule has 1 heterocycles. The van der Waals surface area contributed by atoms with Crippen molar-refractivity contribution in [2.24, 2.45) is 0 Å². The zero-order valence-corrected chi connectivity index (χ0v) is 8.57. The molecule has 2 N–H and O–H groups in total. The molecule has 0 fully saturated rings. The molecule has 5 nitrogen and oxygen atoms in total. The Morgan fingerprint density at radius 1 is 1.41 bits per heavy atom. The lowest BCUT2D eigenvalue weighted by Gasteiger charge is -2.02. The summed E-state index contributed by atoms with van der Waals surface area (Å²) in [5.41, 5.74) is 0.533. The van der Waals surface area contributed by atoms with E-state index in [0.29, 0.717) is 5.56 Å². The van der Waals surface area contributed by atoms with Gasteiger partial charge in [0.05, 0.1) is 6.20 Å². The summed E-state index contributed by atoms with van der Waals surface area (Å²) in [6.45, 7) is 0. The molecule has 0 atom stereocenters. The van der Waals surface area contributed by atoms with Crippen LogP contribution in [0.1, 0.15) is 15.9 Å². The predicted molar refractivity (Wildman–Crippen MR) is 57.7 cm³/mol. The number of rotatable bonds is 2. The molecule has 1 amide bonds. The summed E-state index contributed by atoms with van der Waals surface area (Å²) in [4.78, 5) is 11.7. The molecule has 84 valence electrons. The van der Waals surface area contributed by atoms with E-state index in [-0.39, 0.29) is 11.4 Å². The topological polar surface area (TPSA) is 81.6 Å². The Morgan fingerprint density at radius 2 is 2.12 bits per heavy atom. The minimum atomic E-state index is -0.439. The maximum absolute atomic E-state index is 12.7. The van der Waals surface area contributed by atoms with Crippen LogP contribution in [0.3, 0.4) is 0 Å². The Hall–Kier alpha value is -2.68. The number of nitrogens with one attached hydrogen (secondary N) is 2. The number of carbonyl (C=O) groups is 1. The molecule has 2 rings (SSSR count). The summed E-state index contributed by atoms with van der Waals surface area (Å²) in [5.74, 6) is -0.631. The average Bonchev–Trinajstić information content (AvgIpc) is 2.77. The zero-order chi connectivity index (χ0) is 12.3. The fraction of sp³-hybridized carbons (Fsp3) is 0. The van der Waals surface area contributed by atoms with Crippen molar-refractivity contribution in [3.8, 4) is 6.07 Å². The van der Waals surface area contributed by atoms with E-state index in [4.69, 9.17) is 5.26 Å². The van der Waals surface area contributed by atoms with Crippen molar-refractivity contribution >= 4 is 11.7 Å². The highest BCUT2D eigenvalue weighted by molar-refractivity contribution is 6.04. The third kappa shape index (κ3) is 2.29. The van der Waals surface area contributed by atoms with Crippen LogP contribution in [0.2, 0.25) is 0 Å². The lowest BCUT2D eigenvalue weighted by Crippen LogP contribution is -2.12. The molecule has 0 spiro atoms. The van der Waals surface area contributed by atoms with Crippen LogP contribution in [0, 0.1) is 17.1 Å². The van der Waals surface area contributed by atoms with Crippen LogP contribution < -0.4 is 5.32 Å². The molecular weight excluding hydrogens is 223 g/mol. The van der Waals surface area contributed by atoms with Gasteiger partial charge in [0.25, 0.3) is 5.91 Å². The molecular formula is C11H7FN4O. The van der Waals surface area contributed by atoms with Gasteiger partial charge in [0.15, 0.2) is 0 Å². The van der Waals surface area contributed by atoms with E-state index >= 15 is 0 Å². The first-order valence-corrected chi connectivity index (χ1v) is 4.71. The summed E-state index contributed by atoms with van der Waals surface area (Å²) in [5, 5.41) is 17.3. The second kappa shape index (κ2) is 4.45. The highest BCUT2D eigenvalue weighted by Crippen LogP contribution is 2.11. The lowest BCUT2D eigenvalue weighted by atomic mass is 10.2. The van der Waals surface area contributed by atoms with Crippen molar-refractivity contribution in [2.75, 3.05) is 5.32 Å². The first kappa shape index (κ1) is 10.8. The van der Waals surface area contributed by atoms with Gasteiger partial charge in [0.1, 0.15) is 23.3 Å². The van der Waals surface area contributed by atoms with E-state index in [1.807, 2.05) is 6.07 Å². The minimum Gasteiger partial charge on any atom is -0.306 e. The predicted octanol–water partition coefficient (Wildman–Crippen LogP) is 1.67. The van der Waals surface area contributed by atoms with Gasteiger partial charge in [0, 0.05) is 5.56 Å². The van der Waals surface area contributed by atoms with Crippen LogP contribution in [-0.4, -0.2) is 16.1 Å². The standard InChI is InChI=1S/C11H7FN4O/c12-9-3-1-7(2-4-9)11(17)15-10-8(5-13)6-14-16-10/h1-4,6H,(H2,14,15,16,17). The number of benzene rings is 1. The van der Waals surface area contributed by atoms with Gasteiger partial charge in [-0.25, -0.2) is 4.39 Å². The fourth-order valence-electron chi connectivity index (χ4n) is 1.25. The van der Waals surface area contributed by atoms with E-state index in [0.717, 1.165) is 0 Å². The van der Waals surface area contributed by atoms with Gasteiger partial charge in [-0.3, -0.25) is 9.89 Å². The number of H-pyrrole nitrogens is 1. The molecule has 0 bridgehead atoms. The van der Waals surface area contributed by atoms with Gasteiger partial charge in [-0.2, -0.15) is 10.4 Å². The molecule has 17 heavy (non-hydrogen) atoms. The van der Waals surface area contributed by atoms with E-state index in [1.165, 1.54) is 30.5 Å². The van der Waals surface area contributed by atoms with Crippen molar-refractivity contribution in [3.63, 3.8) is 0 Å². The summed E-state index contributed by atoms with van der Waals surface area (Å²) in [6.07, 6.45) is 1.31. The van der Waals surface area contributed by atoms with Gasteiger partial charge >= 0.3 is 0 Å². The van der Waals surface area contributed by atoms with Gasteiger partial charge < -0.3 is 5.32 Å². The quantitative estimate of drug-likeness (QED) is 0.823. The Kier molecular flexibility index (Phi) is 2.83. The number of carbonyl (C=O) groups excluding carboxylic acids is 1. The van der Waals surface area contributed by atoms with Crippen LogP contribution >= 0.6 is 0 Å². The van der Waals surface area contributed by atoms with Crippen molar-refractivity contribution in [1.29, 1.82) is 5.26 Å². The SMILES string of the molecule is N#Cc1cn[nH]c1NC(=O)c1ccc(F)cc1. The molecule has 1 aromatic carbocycles. The van der Waals surface area contributed by atoms with Crippen molar-refractivity contribution in [3.05, 3.63) is 47.4 Å². The van der Waals surface area contributed by atoms with Crippen molar-refractivity contribution < 1.29 is 9.18 Å². The molecule has 2 aromatic rings. The first-order valence-electron chi connectivity index (χ1n) is 4.71. The van der Waals surface area contributed by atoms with E-state index in [2.05, 4.69) is 15.5 Å². The maximum atomic E-state index is 12.7. The molecule has 0 saturated heterocycles. The smallest absolute Gasteiger partial charge is 0.256 e. The van der Waals surface area contributed by atoms with Crippen molar-refractivity contribution in [1.82, 2.24) is 10.2 Å². The molecule has 0 aliphatic heterocycles. The monoisotopic (exact) mass is 230 g/mol. The Labute approximate surface area is 95.9 Å². The minimum absolute atomic E-state index is 0.224. The summed E-state index contributed by atoms with van der Waals surface area (Å²) in [6, 6.07) is 6.96. The molecule has 1 aromatic heterocycles.